The van der Waals surface area contributed by atoms with E-state index in [1.165, 1.54) is 0 Å². The summed E-state index contributed by atoms with van der Waals surface area (Å²) in [4.78, 5) is 11.3. The van der Waals surface area contributed by atoms with Crippen LogP contribution in [0, 0.1) is 5.92 Å². The smallest absolute Gasteiger partial charge is 0.226 e. The van der Waals surface area contributed by atoms with Crippen LogP contribution in [0.4, 0.5) is 5.82 Å². The van der Waals surface area contributed by atoms with E-state index < -0.39 is 0 Å². The number of aromatic nitrogens is 2. The minimum atomic E-state index is -0.0667. The topological polar surface area (TPSA) is 72.9 Å². The highest BCUT2D eigenvalue weighted by Gasteiger charge is 2.07. The van der Waals surface area contributed by atoms with Gasteiger partial charge in [-0.15, -0.1) is 0 Å². The molecule has 0 spiro atoms. The summed E-state index contributed by atoms with van der Waals surface area (Å²) < 4.78 is 1.79. The van der Waals surface area contributed by atoms with Crippen LogP contribution in [0.25, 0.3) is 0 Å². The number of carbonyl (C=O) groups excluding carboxylic acids is 1. The van der Waals surface area contributed by atoms with Crippen LogP contribution in [-0.2, 0) is 11.3 Å². The maximum absolute atomic E-state index is 11.3. The molecule has 0 fully saturated rings. The second-order valence-corrected chi connectivity index (χ2v) is 3.88. The van der Waals surface area contributed by atoms with Gasteiger partial charge in [0.2, 0.25) is 5.91 Å². The maximum atomic E-state index is 11.3. The number of amides is 1. The zero-order valence-corrected chi connectivity index (χ0v) is 9.23. The van der Waals surface area contributed by atoms with Crippen molar-refractivity contribution in [3.05, 3.63) is 12.3 Å². The fraction of sp³-hybridized carbons (Fsp3) is 0.600. The largest absolute Gasteiger partial charge is 0.330 e. The molecule has 0 saturated carbocycles. The normalized spacial score (nSPS) is 10.7. The van der Waals surface area contributed by atoms with Crippen molar-refractivity contribution in [1.29, 1.82) is 0 Å². The number of nitrogens with one attached hydrogen (secondary N) is 1. The third kappa shape index (κ3) is 3.71. The number of hydrogen-bond acceptors (Lipinski definition) is 3. The van der Waals surface area contributed by atoms with Crippen LogP contribution in [0.1, 0.15) is 20.3 Å². The predicted molar refractivity (Wildman–Crippen MR) is 59.4 cm³/mol. The van der Waals surface area contributed by atoms with E-state index in [0.29, 0.717) is 18.9 Å². The maximum Gasteiger partial charge on any atom is 0.226 e. The number of nitrogens with two attached hydrogens (primary N) is 1. The van der Waals surface area contributed by atoms with Gasteiger partial charge >= 0.3 is 0 Å². The first kappa shape index (κ1) is 11.7. The molecule has 5 nitrogen and oxygen atoms in total. The number of carbonyl (C=O) groups is 1. The minimum Gasteiger partial charge on any atom is -0.330 e. The Morgan fingerprint density at radius 1 is 1.67 bits per heavy atom. The molecular weight excluding hydrogens is 192 g/mol. The lowest BCUT2D eigenvalue weighted by Gasteiger charge is -2.10. The summed E-state index contributed by atoms with van der Waals surface area (Å²) in [6, 6.07) is 1.79. The third-order valence-electron chi connectivity index (χ3n) is 1.89. The minimum absolute atomic E-state index is 0.0667. The molecule has 1 rings (SSSR count). The first-order valence-electron chi connectivity index (χ1n) is 5.15. The molecule has 0 atom stereocenters. The SMILES string of the molecule is CC(C)Cn1nccc1NC(=O)CCN. The lowest BCUT2D eigenvalue weighted by molar-refractivity contribution is -0.116. The third-order valence-corrected chi connectivity index (χ3v) is 1.89. The molecule has 0 aliphatic carbocycles. The summed E-state index contributed by atoms with van der Waals surface area (Å²) in [6.07, 6.45) is 2.02. The van der Waals surface area contributed by atoms with Crippen LogP contribution >= 0.6 is 0 Å². The highest BCUT2D eigenvalue weighted by molar-refractivity contribution is 5.89. The van der Waals surface area contributed by atoms with Crippen LogP contribution in [0.2, 0.25) is 0 Å². The van der Waals surface area contributed by atoms with E-state index in [1.54, 1.807) is 16.9 Å². The molecule has 15 heavy (non-hydrogen) atoms. The molecule has 1 aromatic rings. The Hall–Kier alpha value is -1.36. The molecule has 0 aliphatic heterocycles. The van der Waals surface area contributed by atoms with Gasteiger partial charge < -0.3 is 11.1 Å². The Labute approximate surface area is 89.6 Å². The van der Waals surface area contributed by atoms with Gasteiger partial charge in [0.25, 0.3) is 0 Å². The van der Waals surface area contributed by atoms with Crippen LogP contribution in [0.5, 0.6) is 0 Å². The Balaban J connectivity index is 2.60. The first-order valence-corrected chi connectivity index (χ1v) is 5.15. The van der Waals surface area contributed by atoms with Gasteiger partial charge in [-0.3, -0.25) is 4.79 Å². The van der Waals surface area contributed by atoms with Crippen molar-refractivity contribution in [2.75, 3.05) is 11.9 Å². The molecule has 84 valence electrons. The summed E-state index contributed by atoms with van der Waals surface area (Å²) in [5.74, 6) is 1.17. The fourth-order valence-electron chi connectivity index (χ4n) is 1.27. The molecule has 3 N–H and O–H groups in total. The molecular formula is C10H18N4O. The summed E-state index contributed by atoms with van der Waals surface area (Å²) in [5, 5.41) is 6.92. The van der Waals surface area contributed by atoms with E-state index in [-0.39, 0.29) is 5.91 Å². The first-order chi connectivity index (χ1) is 7.13. The van der Waals surface area contributed by atoms with Gasteiger partial charge in [-0.25, -0.2) is 4.68 Å². The van der Waals surface area contributed by atoms with Crippen molar-refractivity contribution in [2.24, 2.45) is 11.7 Å². The Bertz CT molecular complexity index is 319. The molecule has 1 heterocycles. The van der Waals surface area contributed by atoms with E-state index in [2.05, 4.69) is 24.3 Å². The lowest BCUT2D eigenvalue weighted by Crippen LogP contribution is -2.19. The van der Waals surface area contributed by atoms with Crippen molar-refractivity contribution >= 4 is 11.7 Å². The summed E-state index contributed by atoms with van der Waals surface area (Å²) in [6.45, 7) is 5.37. The van der Waals surface area contributed by atoms with Crippen LogP contribution in [-0.4, -0.2) is 22.2 Å². The van der Waals surface area contributed by atoms with Gasteiger partial charge in [0.05, 0.1) is 6.20 Å². The molecule has 0 saturated heterocycles. The van der Waals surface area contributed by atoms with Crippen molar-refractivity contribution in [2.45, 2.75) is 26.8 Å². The highest BCUT2D eigenvalue weighted by Crippen LogP contribution is 2.09. The quantitative estimate of drug-likeness (QED) is 0.756. The van der Waals surface area contributed by atoms with Crippen LogP contribution in [0.3, 0.4) is 0 Å². The molecule has 0 aromatic carbocycles. The predicted octanol–water partition coefficient (Wildman–Crippen LogP) is 0.826. The van der Waals surface area contributed by atoms with Gasteiger partial charge in [0.1, 0.15) is 5.82 Å². The van der Waals surface area contributed by atoms with Crippen LogP contribution < -0.4 is 11.1 Å². The number of anilines is 1. The number of hydrogen-bond donors (Lipinski definition) is 2. The van der Waals surface area contributed by atoms with Gasteiger partial charge in [0.15, 0.2) is 0 Å². The highest BCUT2D eigenvalue weighted by atomic mass is 16.1. The van der Waals surface area contributed by atoms with Crippen molar-refractivity contribution in [1.82, 2.24) is 9.78 Å². The average molecular weight is 210 g/mol. The summed E-state index contributed by atoms with van der Waals surface area (Å²) >= 11 is 0. The zero-order chi connectivity index (χ0) is 11.3. The summed E-state index contributed by atoms with van der Waals surface area (Å²) in [7, 11) is 0. The molecule has 0 radical (unpaired) electrons. The average Bonchev–Trinajstić information content (AvgIpc) is 2.52. The number of nitrogens with zero attached hydrogens (tertiary/aromatic N) is 2. The second-order valence-electron chi connectivity index (χ2n) is 3.88. The van der Waals surface area contributed by atoms with Gasteiger partial charge in [0, 0.05) is 25.6 Å². The summed E-state index contributed by atoms with van der Waals surface area (Å²) in [5.41, 5.74) is 5.29. The monoisotopic (exact) mass is 210 g/mol. The Morgan fingerprint density at radius 2 is 2.40 bits per heavy atom. The second kappa shape index (κ2) is 5.50. The lowest BCUT2D eigenvalue weighted by atomic mass is 10.2. The van der Waals surface area contributed by atoms with Crippen LogP contribution in [0.15, 0.2) is 12.3 Å². The standard InChI is InChI=1S/C10H18N4O/c1-8(2)7-14-9(4-6-12-14)13-10(15)3-5-11/h4,6,8H,3,5,7,11H2,1-2H3,(H,13,15). The molecule has 0 aliphatic rings. The Kier molecular flexibility index (Phi) is 4.30. The van der Waals surface area contributed by atoms with E-state index in [4.69, 9.17) is 5.73 Å². The van der Waals surface area contributed by atoms with Crippen molar-refractivity contribution < 1.29 is 4.79 Å². The zero-order valence-electron chi connectivity index (χ0n) is 9.23. The van der Waals surface area contributed by atoms with Gasteiger partial charge in [-0.1, -0.05) is 13.8 Å². The van der Waals surface area contributed by atoms with E-state index in [0.717, 1.165) is 12.4 Å². The molecule has 0 unspecified atom stereocenters. The molecule has 1 amide bonds. The van der Waals surface area contributed by atoms with E-state index in [9.17, 15) is 4.79 Å². The van der Waals surface area contributed by atoms with Crippen molar-refractivity contribution in [3.8, 4) is 0 Å². The van der Waals surface area contributed by atoms with E-state index >= 15 is 0 Å². The van der Waals surface area contributed by atoms with E-state index in [1.807, 2.05) is 0 Å². The van der Waals surface area contributed by atoms with Gasteiger partial charge in [-0.05, 0) is 5.92 Å². The molecule has 1 aromatic heterocycles. The fourth-order valence-corrected chi connectivity index (χ4v) is 1.27. The number of rotatable bonds is 5. The Morgan fingerprint density at radius 3 is 3.00 bits per heavy atom. The van der Waals surface area contributed by atoms with Gasteiger partial charge in [-0.2, -0.15) is 5.10 Å². The molecule has 0 bridgehead atoms. The van der Waals surface area contributed by atoms with Crippen molar-refractivity contribution in [3.63, 3.8) is 0 Å². The molecule has 5 heteroatoms.